The number of terminal acetylenes is 1. The number of fused-ring (bicyclic) bond motifs is 3. The molecule has 0 amide bonds. The molecular formula is C13H14ClN3. The minimum absolute atomic E-state index is 0.413. The molecule has 3 saturated heterocycles. The molecule has 3 nitrogen and oxygen atoms in total. The first-order valence-electron chi connectivity index (χ1n) is 5.90. The van der Waals surface area contributed by atoms with Crippen LogP contribution < -0.4 is 10.2 Å². The quantitative estimate of drug-likeness (QED) is 0.604. The van der Waals surface area contributed by atoms with Gasteiger partial charge in [-0.1, -0.05) is 17.5 Å². The molecule has 0 saturated carbocycles. The zero-order valence-corrected chi connectivity index (χ0v) is 10.2. The van der Waals surface area contributed by atoms with Crippen LogP contribution in [-0.2, 0) is 0 Å². The summed E-state index contributed by atoms with van der Waals surface area (Å²) in [4.78, 5) is 6.57. The van der Waals surface area contributed by atoms with Crippen molar-refractivity contribution in [1.82, 2.24) is 10.3 Å². The summed E-state index contributed by atoms with van der Waals surface area (Å²) in [6.45, 7) is 2.09. The Balaban J connectivity index is 1.92. The van der Waals surface area contributed by atoms with Crippen molar-refractivity contribution in [3.63, 3.8) is 0 Å². The first kappa shape index (κ1) is 10.9. The van der Waals surface area contributed by atoms with Crippen LogP contribution in [0.4, 0.5) is 5.69 Å². The van der Waals surface area contributed by atoms with E-state index < -0.39 is 0 Å². The highest BCUT2D eigenvalue weighted by molar-refractivity contribution is 6.30. The van der Waals surface area contributed by atoms with E-state index in [4.69, 9.17) is 18.0 Å². The smallest absolute Gasteiger partial charge is 0.144 e. The molecule has 4 heteroatoms. The van der Waals surface area contributed by atoms with Gasteiger partial charge in [-0.25, -0.2) is 4.98 Å². The van der Waals surface area contributed by atoms with Crippen LogP contribution in [0, 0.1) is 12.3 Å². The molecule has 4 heterocycles. The summed E-state index contributed by atoms with van der Waals surface area (Å²) in [6, 6.07) is 3.13. The van der Waals surface area contributed by atoms with Crippen LogP contribution >= 0.6 is 11.6 Å². The normalized spacial score (nSPS) is 26.9. The molecule has 88 valence electrons. The van der Waals surface area contributed by atoms with E-state index in [2.05, 4.69) is 21.1 Å². The van der Waals surface area contributed by atoms with Gasteiger partial charge in [-0.05, 0) is 18.9 Å². The number of piperazine rings is 1. The standard InChI is InChI=1S/C13H14ClN3/c1-2-9-5-12(7-16-13(9)14)17-8-10-3-4-11(17)6-15-10/h1,5,7,10-11,15H,3-4,6,8H2/t10-,11-/m1/s1. The number of hydrogen-bond donors (Lipinski definition) is 1. The molecule has 2 bridgehead atoms. The lowest BCUT2D eigenvalue weighted by atomic mass is 9.92. The average Bonchev–Trinajstić information content (AvgIpc) is 2.40. The Bertz CT molecular complexity index is 472. The summed E-state index contributed by atoms with van der Waals surface area (Å²) < 4.78 is 0. The van der Waals surface area contributed by atoms with Gasteiger partial charge in [-0.15, -0.1) is 6.42 Å². The van der Waals surface area contributed by atoms with E-state index in [9.17, 15) is 0 Å². The second-order valence-electron chi connectivity index (χ2n) is 4.66. The van der Waals surface area contributed by atoms with E-state index in [1.807, 2.05) is 12.3 Å². The highest BCUT2D eigenvalue weighted by Crippen LogP contribution is 2.29. The number of halogens is 1. The number of rotatable bonds is 1. The van der Waals surface area contributed by atoms with Gasteiger partial charge in [0.15, 0.2) is 0 Å². The molecule has 0 spiro atoms. The molecule has 1 aromatic rings. The zero-order chi connectivity index (χ0) is 11.8. The molecule has 17 heavy (non-hydrogen) atoms. The minimum Gasteiger partial charge on any atom is -0.364 e. The SMILES string of the molecule is C#Cc1cc(N2C[C@H]3CC[C@@H]2CN3)cnc1Cl. The third kappa shape index (κ3) is 1.88. The van der Waals surface area contributed by atoms with Crippen molar-refractivity contribution in [1.29, 1.82) is 0 Å². The van der Waals surface area contributed by atoms with Crippen molar-refractivity contribution < 1.29 is 0 Å². The Morgan fingerprint density at radius 3 is 3.00 bits per heavy atom. The first-order valence-corrected chi connectivity index (χ1v) is 6.28. The molecule has 0 aromatic carbocycles. The number of nitrogens with zero attached hydrogens (tertiary/aromatic N) is 2. The molecule has 3 aliphatic heterocycles. The van der Waals surface area contributed by atoms with Gasteiger partial charge in [-0.3, -0.25) is 0 Å². The van der Waals surface area contributed by atoms with Crippen molar-refractivity contribution in [3.8, 4) is 12.3 Å². The summed E-state index contributed by atoms with van der Waals surface area (Å²) >= 11 is 5.93. The molecule has 3 aliphatic rings. The molecule has 0 aliphatic carbocycles. The molecular weight excluding hydrogens is 234 g/mol. The highest BCUT2D eigenvalue weighted by Gasteiger charge is 2.33. The lowest BCUT2D eigenvalue weighted by molar-refractivity contribution is 0.290. The fourth-order valence-electron chi connectivity index (χ4n) is 2.72. The van der Waals surface area contributed by atoms with Crippen LogP contribution in [0.1, 0.15) is 18.4 Å². The van der Waals surface area contributed by atoms with E-state index in [1.54, 1.807) is 0 Å². The van der Waals surface area contributed by atoms with Gasteiger partial charge >= 0.3 is 0 Å². The number of pyridine rings is 1. The van der Waals surface area contributed by atoms with Gasteiger partial charge in [0.05, 0.1) is 17.4 Å². The second-order valence-corrected chi connectivity index (χ2v) is 5.02. The Hall–Kier alpha value is -1.24. The van der Waals surface area contributed by atoms with E-state index in [0.29, 0.717) is 22.8 Å². The van der Waals surface area contributed by atoms with Crippen LogP contribution in [0.15, 0.2) is 12.3 Å². The molecule has 4 rings (SSSR count). The number of hydrogen-bond acceptors (Lipinski definition) is 3. The predicted octanol–water partition coefficient (Wildman–Crippen LogP) is 1.66. The van der Waals surface area contributed by atoms with Crippen LogP contribution in [-0.4, -0.2) is 30.2 Å². The Labute approximate surface area is 106 Å². The summed E-state index contributed by atoms with van der Waals surface area (Å²) in [5.41, 5.74) is 1.78. The third-order valence-electron chi connectivity index (χ3n) is 3.66. The third-order valence-corrected chi connectivity index (χ3v) is 3.96. The molecule has 0 unspecified atom stereocenters. The molecule has 1 N–H and O–H groups in total. The monoisotopic (exact) mass is 247 g/mol. The predicted molar refractivity (Wildman–Crippen MR) is 69.3 cm³/mol. The topological polar surface area (TPSA) is 28.2 Å². The maximum absolute atomic E-state index is 5.93. The molecule has 2 atom stereocenters. The summed E-state index contributed by atoms with van der Waals surface area (Å²) in [5, 5.41) is 3.94. The van der Waals surface area contributed by atoms with E-state index >= 15 is 0 Å². The van der Waals surface area contributed by atoms with Crippen molar-refractivity contribution in [2.75, 3.05) is 18.0 Å². The fourth-order valence-corrected chi connectivity index (χ4v) is 2.88. The Kier molecular flexibility index (Phi) is 2.70. The van der Waals surface area contributed by atoms with Crippen molar-refractivity contribution in [2.45, 2.75) is 24.9 Å². The van der Waals surface area contributed by atoms with E-state index in [-0.39, 0.29) is 0 Å². The maximum Gasteiger partial charge on any atom is 0.144 e. The summed E-state index contributed by atoms with van der Waals surface area (Å²) in [5.74, 6) is 2.58. The number of aromatic nitrogens is 1. The lowest BCUT2D eigenvalue weighted by Crippen LogP contribution is -2.61. The van der Waals surface area contributed by atoms with Crippen LogP contribution in [0.3, 0.4) is 0 Å². The largest absolute Gasteiger partial charge is 0.364 e. The van der Waals surface area contributed by atoms with E-state index in [1.165, 1.54) is 12.8 Å². The molecule has 3 fully saturated rings. The summed E-state index contributed by atoms with van der Waals surface area (Å²) in [7, 11) is 0. The van der Waals surface area contributed by atoms with Gasteiger partial charge in [0.2, 0.25) is 0 Å². The van der Waals surface area contributed by atoms with Crippen molar-refractivity contribution >= 4 is 17.3 Å². The lowest BCUT2D eigenvalue weighted by Gasteiger charge is -2.47. The fraction of sp³-hybridized carbons (Fsp3) is 0.462. The Morgan fingerprint density at radius 2 is 2.41 bits per heavy atom. The zero-order valence-electron chi connectivity index (χ0n) is 9.49. The van der Waals surface area contributed by atoms with Crippen molar-refractivity contribution in [3.05, 3.63) is 23.0 Å². The first-order chi connectivity index (χ1) is 8.28. The summed E-state index contributed by atoms with van der Waals surface area (Å²) in [6.07, 6.45) is 9.75. The second kappa shape index (κ2) is 4.21. The van der Waals surface area contributed by atoms with Crippen LogP contribution in [0.2, 0.25) is 5.15 Å². The number of anilines is 1. The van der Waals surface area contributed by atoms with Gasteiger partial charge in [0.25, 0.3) is 0 Å². The highest BCUT2D eigenvalue weighted by atomic mass is 35.5. The minimum atomic E-state index is 0.413. The molecule has 1 aromatic heterocycles. The van der Waals surface area contributed by atoms with E-state index in [0.717, 1.165) is 18.8 Å². The van der Waals surface area contributed by atoms with Gasteiger partial charge in [0.1, 0.15) is 5.15 Å². The number of nitrogens with one attached hydrogen (secondary N) is 1. The average molecular weight is 248 g/mol. The molecule has 0 radical (unpaired) electrons. The van der Waals surface area contributed by atoms with Crippen LogP contribution in [0.25, 0.3) is 0 Å². The maximum atomic E-state index is 5.93. The van der Waals surface area contributed by atoms with Gasteiger partial charge in [-0.2, -0.15) is 0 Å². The number of piperidine rings is 2. The Morgan fingerprint density at radius 1 is 1.53 bits per heavy atom. The van der Waals surface area contributed by atoms with Gasteiger partial charge < -0.3 is 10.2 Å². The van der Waals surface area contributed by atoms with Crippen LogP contribution in [0.5, 0.6) is 0 Å². The van der Waals surface area contributed by atoms with Gasteiger partial charge in [0, 0.05) is 25.2 Å². The van der Waals surface area contributed by atoms with Crippen molar-refractivity contribution in [2.24, 2.45) is 0 Å².